The largest absolute Gasteiger partial charge is 0.376 e. The normalized spacial score (nSPS) is 17.2. The Kier molecular flexibility index (Phi) is 5.99. The Balaban J connectivity index is 1.34. The van der Waals surface area contributed by atoms with E-state index in [1.54, 1.807) is 19.1 Å². The molecular formula is C24H24FN3O4S. The van der Waals surface area contributed by atoms with Crippen molar-refractivity contribution in [1.82, 2.24) is 10.5 Å². The first kappa shape index (κ1) is 21.8. The molecule has 2 N–H and O–H groups in total. The Bertz CT molecular complexity index is 1210. The lowest BCUT2D eigenvalue weighted by Crippen LogP contribution is -2.32. The summed E-state index contributed by atoms with van der Waals surface area (Å²) in [6.45, 7) is 2.85. The molecule has 2 amide bonds. The van der Waals surface area contributed by atoms with Crippen molar-refractivity contribution < 1.29 is 23.2 Å². The number of anilines is 1. The number of fused-ring (bicyclic) bond motifs is 1. The Hall–Kier alpha value is -3.04. The van der Waals surface area contributed by atoms with Gasteiger partial charge in [-0.05, 0) is 56.2 Å². The smallest absolute Gasteiger partial charge is 0.278 e. The first-order valence-corrected chi connectivity index (χ1v) is 11.9. The van der Waals surface area contributed by atoms with E-state index in [0.29, 0.717) is 34.0 Å². The molecule has 3 aromatic rings. The van der Waals surface area contributed by atoms with Crippen molar-refractivity contribution in [3.8, 4) is 11.3 Å². The first-order chi connectivity index (χ1) is 16.0. The van der Waals surface area contributed by atoms with Crippen molar-refractivity contribution in [2.75, 3.05) is 18.5 Å². The number of ether oxygens (including phenoxy) is 1. The van der Waals surface area contributed by atoms with Gasteiger partial charge in [-0.15, -0.1) is 11.3 Å². The van der Waals surface area contributed by atoms with Gasteiger partial charge >= 0.3 is 0 Å². The topological polar surface area (TPSA) is 93.5 Å². The lowest BCUT2D eigenvalue weighted by atomic mass is 10.1. The minimum atomic E-state index is -0.481. The number of benzene rings is 1. The van der Waals surface area contributed by atoms with Gasteiger partial charge in [0.05, 0.1) is 11.7 Å². The molecule has 172 valence electrons. The lowest BCUT2D eigenvalue weighted by molar-refractivity contribution is 0.0858. The van der Waals surface area contributed by atoms with E-state index in [1.807, 2.05) is 0 Å². The van der Waals surface area contributed by atoms with Crippen LogP contribution >= 0.6 is 11.3 Å². The molecule has 5 rings (SSSR count). The van der Waals surface area contributed by atoms with Gasteiger partial charge in [0.15, 0.2) is 11.5 Å². The standard InChI is InChI=1S/C24H24FN3O4S/c1-13-7-8-14(10-17(13)25)19-11-18(28-32-19)22(29)27-24-21(16-5-2-6-20(16)33-24)23(30)26-12-15-4-3-9-31-15/h7-8,10-11,15H,2-6,9,12H2,1H3,(H,26,30)(H,27,29). The average molecular weight is 470 g/mol. The Labute approximate surface area is 194 Å². The van der Waals surface area contributed by atoms with Crippen molar-refractivity contribution in [3.63, 3.8) is 0 Å². The van der Waals surface area contributed by atoms with E-state index >= 15 is 0 Å². The molecule has 1 aliphatic carbocycles. The van der Waals surface area contributed by atoms with E-state index in [-0.39, 0.29) is 23.5 Å². The molecule has 2 aromatic heterocycles. The highest BCUT2D eigenvalue weighted by molar-refractivity contribution is 7.17. The minimum Gasteiger partial charge on any atom is -0.376 e. The molecule has 0 spiro atoms. The third-order valence-corrected chi connectivity index (χ3v) is 7.30. The second-order valence-electron chi connectivity index (χ2n) is 8.40. The number of rotatable bonds is 6. The SMILES string of the molecule is Cc1ccc(-c2cc(C(=O)Nc3sc4c(c3C(=O)NCC3CCCO3)CCC4)no2)cc1F. The Morgan fingerprint density at radius 3 is 2.88 bits per heavy atom. The minimum absolute atomic E-state index is 0.0406. The molecule has 1 atom stereocenters. The van der Waals surface area contributed by atoms with Crippen LogP contribution in [0, 0.1) is 12.7 Å². The maximum Gasteiger partial charge on any atom is 0.278 e. The zero-order chi connectivity index (χ0) is 22.9. The van der Waals surface area contributed by atoms with Crippen molar-refractivity contribution in [2.45, 2.75) is 45.1 Å². The van der Waals surface area contributed by atoms with E-state index in [2.05, 4.69) is 15.8 Å². The quantitative estimate of drug-likeness (QED) is 0.554. The number of aromatic nitrogens is 1. The van der Waals surface area contributed by atoms with Crippen LogP contribution < -0.4 is 10.6 Å². The molecule has 9 heteroatoms. The zero-order valence-corrected chi connectivity index (χ0v) is 19.0. The molecule has 33 heavy (non-hydrogen) atoms. The Morgan fingerprint density at radius 2 is 2.09 bits per heavy atom. The number of hydrogen-bond acceptors (Lipinski definition) is 6. The van der Waals surface area contributed by atoms with Crippen LogP contribution in [0.15, 0.2) is 28.8 Å². The van der Waals surface area contributed by atoms with Gasteiger partial charge in [-0.25, -0.2) is 4.39 Å². The van der Waals surface area contributed by atoms with Gasteiger partial charge in [-0.2, -0.15) is 0 Å². The van der Waals surface area contributed by atoms with Gasteiger partial charge < -0.3 is 19.9 Å². The van der Waals surface area contributed by atoms with Crippen molar-refractivity contribution in [2.24, 2.45) is 0 Å². The Morgan fingerprint density at radius 1 is 1.21 bits per heavy atom. The zero-order valence-electron chi connectivity index (χ0n) is 18.2. The molecule has 1 fully saturated rings. The van der Waals surface area contributed by atoms with E-state index < -0.39 is 5.91 Å². The fourth-order valence-corrected chi connectivity index (χ4v) is 5.55. The summed E-state index contributed by atoms with van der Waals surface area (Å²) < 4.78 is 24.8. The highest BCUT2D eigenvalue weighted by Gasteiger charge is 2.29. The summed E-state index contributed by atoms with van der Waals surface area (Å²) in [5.74, 6) is -0.745. The third-order valence-electron chi connectivity index (χ3n) is 6.09. The predicted molar refractivity (Wildman–Crippen MR) is 122 cm³/mol. The van der Waals surface area contributed by atoms with Crippen molar-refractivity contribution >= 4 is 28.2 Å². The van der Waals surface area contributed by atoms with Crippen LogP contribution in [0.1, 0.15) is 56.1 Å². The number of carbonyl (C=O) groups excluding carboxylic acids is 2. The molecule has 0 saturated carbocycles. The summed E-state index contributed by atoms with van der Waals surface area (Å²) >= 11 is 1.43. The number of nitrogens with one attached hydrogen (secondary N) is 2. The van der Waals surface area contributed by atoms with Crippen LogP contribution in [0.5, 0.6) is 0 Å². The fourth-order valence-electron chi connectivity index (χ4n) is 4.26. The van der Waals surface area contributed by atoms with Crippen LogP contribution in [-0.2, 0) is 17.6 Å². The summed E-state index contributed by atoms with van der Waals surface area (Å²) in [7, 11) is 0. The highest BCUT2D eigenvalue weighted by atomic mass is 32.1. The second kappa shape index (κ2) is 9.07. The van der Waals surface area contributed by atoms with Gasteiger partial charge in [0.1, 0.15) is 10.8 Å². The van der Waals surface area contributed by atoms with Gasteiger partial charge in [-0.3, -0.25) is 9.59 Å². The monoisotopic (exact) mass is 469 g/mol. The summed E-state index contributed by atoms with van der Waals surface area (Å²) in [4.78, 5) is 27.1. The van der Waals surface area contributed by atoms with E-state index in [0.717, 1.165) is 49.2 Å². The number of nitrogens with zero attached hydrogens (tertiary/aromatic N) is 1. The average Bonchev–Trinajstić information content (AvgIpc) is 3.58. The van der Waals surface area contributed by atoms with E-state index in [9.17, 15) is 14.0 Å². The second-order valence-corrected chi connectivity index (χ2v) is 9.51. The van der Waals surface area contributed by atoms with Crippen molar-refractivity contribution in [1.29, 1.82) is 0 Å². The molecule has 2 aliphatic rings. The van der Waals surface area contributed by atoms with Crippen LogP contribution in [-0.4, -0.2) is 36.2 Å². The maximum atomic E-state index is 13.9. The van der Waals surface area contributed by atoms with Gasteiger partial charge in [0.2, 0.25) is 0 Å². The van der Waals surface area contributed by atoms with Crippen LogP contribution in [0.4, 0.5) is 9.39 Å². The fraction of sp³-hybridized carbons (Fsp3) is 0.375. The lowest BCUT2D eigenvalue weighted by Gasteiger charge is -2.12. The predicted octanol–water partition coefficient (Wildman–Crippen LogP) is 4.50. The van der Waals surface area contributed by atoms with E-state index in [1.165, 1.54) is 23.5 Å². The number of carbonyl (C=O) groups is 2. The van der Waals surface area contributed by atoms with E-state index in [4.69, 9.17) is 9.26 Å². The highest BCUT2D eigenvalue weighted by Crippen LogP contribution is 2.39. The molecule has 3 heterocycles. The molecule has 1 unspecified atom stereocenters. The molecule has 1 saturated heterocycles. The molecule has 0 radical (unpaired) electrons. The number of halogens is 1. The first-order valence-electron chi connectivity index (χ1n) is 11.1. The molecule has 7 nitrogen and oxygen atoms in total. The number of hydrogen-bond donors (Lipinski definition) is 2. The van der Waals surface area contributed by atoms with Gasteiger partial charge in [-0.1, -0.05) is 17.3 Å². The summed E-state index contributed by atoms with van der Waals surface area (Å²) in [6, 6.07) is 6.17. The molecular weight excluding hydrogens is 445 g/mol. The molecule has 0 bridgehead atoms. The number of amides is 2. The van der Waals surface area contributed by atoms with Crippen LogP contribution in [0.2, 0.25) is 0 Å². The summed E-state index contributed by atoms with van der Waals surface area (Å²) in [5.41, 5.74) is 2.62. The van der Waals surface area contributed by atoms with Gasteiger partial charge in [0, 0.05) is 29.7 Å². The third kappa shape index (κ3) is 4.43. The van der Waals surface area contributed by atoms with Crippen LogP contribution in [0.3, 0.4) is 0 Å². The maximum absolute atomic E-state index is 13.9. The van der Waals surface area contributed by atoms with Crippen LogP contribution in [0.25, 0.3) is 11.3 Å². The van der Waals surface area contributed by atoms with Crippen molar-refractivity contribution in [3.05, 3.63) is 57.3 Å². The summed E-state index contributed by atoms with van der Waals surface area (Å²) in [6.07, 6.45) is 4.70. The molecule has 1 aliphatic heterocycles. The molecule has 1 aromatic carbocycles. The number of thiophene rings is 1. The number of aryl methyl sites for hydroxylation is 2. The van der Waals surface area contributed by atoms with Gasteiger partial charge in [0.25, 0.3) is 11.8 Å². The summed E-state index contributed by atoms with van der Waals surface area (Å²) in [5, 5.41) is 10.2.